The molecule has 1 aliphatic heterocycles. The Kier molecular flexibility index (Phi) is 3.53. The van der Waals surface area contributed by atoms with Gasteiger partial charge in [-0.05, 0) is 17.7 Å². The van der Waals surface area contributed by atoms with Crippen LogP contribution in [-0.2, 0) is 0 Å². The van der Waals surface area contributed by atoms with Crippen LogP contribution in [0.25, 0.3) is 0 Å². The van der Waals surface area contributed by atoms with Gasteiger partial charge in [-0.2, -0.15) is 0 Å². The molecule has 0 saturated carbocycles. The summed E-state index contributed by atoms with van der Waals surface area (Å²) in [6.07, 6.45) is 0.826. The first-order valence-electron chi connectivity index (χ1n) is 5.18. The highest BCUT2D eigenvalue weighted by Crippen LogP contribution is 2.38. The van der Waals surface area contributed by atoms with Crippen molar-refractivity contribution in [1.29, 1.82) is 0 Å². The molecule has 5 heteroatoms. The van der Waals surface area contributed by atoms with Crippen molar-refractivity contribution in [2.75, 3.05) is 19.8 Å². The minimum atomic E-state index is -0.449. The van der Waals surface area contributed by atoms with E-state index in [4.69, 9.17) is 31.9 Å². The van der Waals surface area contributed by atoms with Crippen molar-refractivity contribution >= 4 is 11.6 Å². The average Bonchev–Trinajstić information content (AvgIpc) is 2.53. The van der Waals surface area contributed by atoms with Gasteiger partial charge in [-0.25, -0.2) is 0 Å². The Morgan fingerprint density at radius 3 is 2.88 bits per heavy atom. The molecule has 0 amide bonds. The summed E-state index contributed by atoms with van der Waals surface area (Å²) >= 11 is 6.08. The number of hydrogen-bond donors (Lipinski definition) is 2. The molecular weight excluding hydrogens is 230 g/mol. The van der Waals surface area contributed by atoms with Crippen LogP contribution in [0.4, 0.5) is 0 Å². The Morgan fingerprint density at radius 1 is 1.38 bits per heavy atom. The molecule has 88 valence electrons. The normalized spacial score (nSPS) is 16.7. The zero-order chi connectivity index (χ0) is 11.5. The molecule has 0 radical (unpaired) electrons. The van der Waals surface area contributed by atoms with Gasteiger partial charge in [0.25, 0.3) is 0 Å². The molecule has 1 aromatic rings. The summed E-state index contributed by atoms with van der Waals surface area (Å²) in [6.45, 7) is 1.06. The first-order valence-corrected chi connectivity index (χ1v) is 5.55. The average molecular weight is 244 g/mol. The number of nitrogens with two attached hydrogens (primary N) is 1. The molecule has 0 spiro atoms. The Bertz CT molecular complexity index is 384. The monoisotopic (exact) mass is 243 g/mol. The highest BCUT2D eigenvalue weighted by molar-refractivity contribution is 6.32. The summed E-state index contributed by atoms with van der Waals surface area (Å²) < 4.78 is 11.0. The van der Waals surface area contributed by atoms with Crippen molar-refractivity contribution in [3.63, 3.8) is 0 Å². The van der Waals surface area contributed by atoms with E-state index in [1.807, 2.05) is 0 Å². The van der Waals surface area contributed by atoms with Crippen molar-refractivity contribution in [2.45, 2.75) is 12.5 Å². The summed E-state index contributed by atoms with van der Waals surface area (Å²) in [5.41, 5.74) is 6.48. The predicted molar refractivity (Wildman–Crippen MR) is 61.1 cm³/mol. The lowest BCUT2D eigenvalue weighted by molar-refractivity contribution is 0.267. The van der Waals surface area contributed by atoms with Crippen LogP contribution in [0.2, 0.25) is 5.02 Å². The van der Waals surface area contributed by atoms with Crippen LogP contribution in [-0.4, -0.2) is 24.9 Å². The van der Waals surface area contributed by atoms with E-state index in [1.54, 1.807) is 12.1 Å². The second-order valence-electron chi connectivity index (χ2n) is 3.67. The third-order valence-corrected chi connectivity index (χ3v) is 2.73. The summed E-state index contributed by atoms with van der Waals surface area (Å²) in [4.78, 5) is 0. The van der Waals surface area contributed by atoms with Gasteiger partial charge in [-0.15, -0.1) is 0 Å². The van der Waals surface area contributed by atoms with E-state index in [0.29, 0.717) is 29.7 Å². The van der Waals surface area contributed by atoms with Gasteiger partial charge in [-0.3, -0.25) is 0 Å². The van der Waals surface area contributed by atoms with Gasteiger partial charge in [0.15, 0.2) is 11.5 Å². The van der Waals surface area contributed by atoms with E-state index in [-0.39, 0.29) is 6.61 Å². The molecule has 1 atom stereocenters. The first kappa shape index (κ1) is 11.5. The number of benzene rings is 1. The number of rotatable bonds is 2. The molecule has 2 rings (SSSR count). The first-order chi connectivity index (χ1) is 7.72. The maximum atomic E-state index is 9.00. The molecule has 0 bridgehead atoms. The van der Waals surface area contributed by atoms with Crippen molar-refractivity contribution in [1.82, 2.24) is 0 Å². The van der Waals surface area contributed by atoms with Gasteiger partial charge >= 0.3 is 0 Å². The Hall–Kier alpha value is -0.970. The highest BCUT2D eigenvalue weighted by Gasteiger charge is 2.17. The summed E-state index contributed by atoms with van der Waals surface area (Å²) in [5, 5.41) is 9.47. The number of ether oxygens (including phenoxy) is 2. The van der Waals surface area contributed by atoms with Gasteiger partial charge < -0.3 is 20.3 Å². The zero-order valence-electron chi connectivity index (χ0n) is 8.78. The van der Waals surface area contributed by atoms with E-state index in [1.165, 1.54) is 0 Å². The van der Waals surface area contributed by atoms with Crippen molar-refractivity contribution < 1.29 is 14.6 Å². The lowest BCUT2D eigenvalue weighted by atomic mass is 10.1. The second-order valence-corrected chi connectivity index (χ2v) is 4.08. The van der Waals surface area contributed by atoms with Gasteiger partial charge in [0.05, 0.1) is 30.9 Å². The Morgan fingerprint density at radius 2 is 2.12 bits per heavy atom. The second kappa shape index (κ2) is 4.91. The Labute approximate surface area is 98.9 Å². The van der Waals surface area contributed by atoms with E-state index >= 15 is 0 Å². The molecular formula is C11H14ClNO3. The van der Waals surface area contributed by atoms with Gasteiger partial charge in [0, 0.05) is 6.42 Å². The molecule has 16 heavy (non-hydrogen) atoms. The van der Waals surface area contributed by atoms with Gasteiger partial charge in [0.2, 0.25) is 0 Å². The third-order valence-electron chi connectivity index (χ3n) is 2.45. The fraction of sp³-hybridized carbons (Fsp3) is 0.455. The lowest BCUT2D eigenvalue weighted by Gasteiger charge is -2.14. The SMILES string of the molecule is N[C@H](CO)c1cc(Cl)c2c(c1)OCCCO2. The largest absolute Gasteiger partial charge is 0.489 e. The highest BCUT2D eigenvalue weighted by atomic mass is 35.5. The lowest BCUT2D eigenvalue weighted by Crippen LogP contribution is -2.14. The maximum absolute atomic E-state index is 9.00. The fourth-order valence-electron chi connectivity index (χ4n) is 1.57. The molecule has 3 N–H and O–H groups in total. The van der Waals surface area contributed by atoms with Crippen molar-refractivity contribution in [3.8, 4) is 11.5 Å². The fourth-order valence-corrected chi connectivity index (χ4v) is 1.84. The van der Waals surface area contributed by atoms with E-state index in [9.17, 15) is 0 Å². The molecule has 4 nitrogen and oxygen atoms in total. The molecule has 0 unspecified atom stereocenters. The van der Waals surface area contributed by atoms with Gasteiger partial charge in [0.1, 0.15) is 0 Å². The molecule has 1 aliphatic rings. The van der Waals surface area contributed by atoms with E-state index in [2.05, 4.69) is 0 Å². The summed E-state index contributed by atoms with van der Waals surface area (Å²) in [6, 6.07) is 3.03. The third kappa shape index (κ3) is 2.24. The number of halogens is 1. The summed E-state index contributed by atoms with van der Waals surface area (Å²) in [7, 11) is 0. The van der Waals surface area contributed by atoms with Crippen LogP contribution < -0.4 is 15.2 Å². The molecule has 0 aliphatic carbocycles. The van der Waals surface area contributed by atoms with Gasteiger partial charge in [-0.1, -0.05) is 11.6 Å². The molecule has 1 heterocycles. The quantitative estimate of drug-likeness (QED) is 0.826. The number of aliphatic hydroxyl groups excluding tert-OH is 1. The molecule has 0 aromatic heterocycles. The van der Waals surface area contributed by atoms with Crippen LogP contribution in [0.3, 0.4) is 0 Å². The Balaban J connectivity index is 2.39. The number of hydrogen-bond acceptors (Lipinski definition) is 4. The molecule has 0 fully saturated rings. The van der Waals surface area contributed by atoms with Crippen LogP contribution >= 0.6 is 11.6 Å². The minimum absolute atomic E-state index is 0.129. The summed E-state index contributed by atoms with van der Waals surface area (Å²) in [5.74, 6) is 1.16. The van der Waals surface area contributed by atoms with E-state index in [0.717, 1.165) is 12.0 Å². The zero-order valence-corrected chi connectivity index (χ0v) is 9.54. The smallest absolute Gasteiger partial charge is 0.179 e. The number of aliphatic hydroxyl groups is 1. The number of fused-ring (bicyclic) bond motifs is 1. The maximum Gasteiger partial charge on any atom is 0.179 e. The molecule has 1 aromatic carbocycles. The minimum Gasteiger partial charge on any atom is -0.489 e. The predicted octanol–water partition coefficient (Wildman–Crippen LogP) is 1.49. The van der Waals surface area contributed by atoms with Crippen LogP contribution in [0.1, 0.15) is 18.0 Å². The van der Waals surface area contributed by atoms with Crippen LogP contribution in [0.5, 0.6) is 11.5 Å². The molecule has 0 saturated heterocycles. The van der Waals surface area contributed by atoms with Crippen LogP contribution in [0.15, 0.2) is 12.1 Å². The van der Waals surface area contributed by atoms with Crippen molar-refractivity contribution in [3.05, 3.63) is 22.7 Å². The van der Waals surface area contributed by atoms with Crippen LogP contribution in [0, 0.1) is 0 Å². The standard InChI is InChI=1S/C11H14ClNO3/c12-8-4-7(9(13)6-14)5-10-11(8)16-3-1-2-15-10/h4-5,9,14H,1-3,6,13H2/t9-/m1/s1. The van der Waals surface area contributed by atoms with Crippen molar-refractivity contribution in [2.24, 2.45) is 5.73 Å². The van der Waals surface area contributed by atoms with E-state index < -0.39 is 6.04 Å². The topological polar surface area (TPSA) is 64.7 Å².